The molecule has 0 amide bonds. The average molecular weight is 301 g/mol. The Kier molecular flexibility index (Phi) is 5.65. The molecular formula is C17H19NO4. The van der Waals surface area contributed by atoms with E-state index in [1.807, 2.05) is 31.2 Å². The van der Waals surface area contributed by atoms with E-state index in [0.29, 0.717) is 24.7 Å². The molecule has 0 saturated carbocycles. The molecule has 2 aromatic carbocycles. The van der Waals surface area contributed by atoms with Crippen molar-refractivity contribution in [1.29, 1.82) is 0 Å². The number of aryl methyl sites for hydroxylation is 1. The molecule has 0 saturated heterocycles. The second-order valence-electron chi connectivity index (χ2n) is 4.62. The highest BCUT2D eigenvalue weighted by Crippen LogP contribution is 2.27. The van der Waals surface area contributed by atoms with Crippen molar-refractivity contribution in [2.75, 3.05) is 20.3 Å². The fourth-order valence-corrected chi connectivity index (χ4v) is 1.97. The molecule has 116 valence electrons. The summed E-state index contributed by atoms with van der Waals surface area (Å²) in [6.45, 7) is 2.80. The largest absolute Gasteiger partial charge is 0.493 e. The van der Waals surface area contributed by atoms with Crippen LogP contribution in [0.2, 0.25) is 0 Å². The van der Waals surface area contributed by atoms with Gasteiger partial charge in [0.1, 0.15) is 19.0 Å². The molecule has 0 atom stereocenters. The predicted octanol–water partition coefficient (Wildman–Crippen LogP) is 3.27. The van der Waals surface area contributed by atoms with Crippen LogP contribution in [0, 0.1) is 6.92 Å². The van der Waals surface area contributed by atoms with Gasteiger partial charge in [-0.05, 0) is 36.8 Å². The molecule has 0 aliphatic heterocycles. The zero-order valence-corrected chi connectivity index (χ0v) is 12.7. The van der Waals surface area contributed by atoms with E-state index in [0.717, 1.165) is 16.9 Å². The minimum Gasteiger partial charge on any atom is -0.493 e. The first-order chi connectivity index (χ1) is 10.7. The number of rotatable bonds is 7. The summed E-state index contributed by atoms with van der Waals surface area (Å²) < 4.78 is 16.6. The van der Waals surface area contributed by atoms with E-state index in [2.05, 4.69) is 5.16 Å². The van der Waals surface area contributed by atoms with E-state index in [-0.39, 0.29) is 0 Å². The first-order valence-corrected chi connectivity index (χ1v) is 6.91. The van der Waals surface area contributed by atoms with Crippen LogP contribution in [-0.2, 0) is 0 Å². The van der Waals surface area contributed by atoms with E-state index in [1.54, 1.807) is 25.3 Å². The minimum absolute atomic E-state index is 0.379. The number of hydrogen-bond acceptors (Lipinski definition) is 5. The Morgan fingerprint density at radius 3 is 2.41 bits per heavy atom. The van der Waals surface area contributed by atoms with Gasteiger partial charge in [-0.3, -0.25) is 0 Å². The number of oxime groups is 1. The van der Waals surface area contributed by atoms with E-state index >= 15 is 0 Å². The van der Waals surface area contributed by atoms with Crippen molar-refractivity contribution >= 4 is 6.21 Å². The van der Waals surface area contributed by atoms with Crippen LogP contribution in [-0.4, -0.2) is 31.7 Å². The predicted molar refractivity (Wildman–Crippen MR) is 84.5 cm³/mol. The standard InChI is InChI=1S/C17H19NO4/c1-13-5-3-4-6-15(13)21-9-10-22-17-11-14(12-18-19)7-8-16(17)20-2/h3-8,11-12,19H,9-10H2,1-2H3. The fraction of sp³-hybridized carbons (Fsp3) is 0.235. The maximum absolute atomic E-state index is 8.58. The molecule has 0 aliphatic rings. The lowest BCUT2D eigenvalue weighted by molar-refractivity contribution is 0.210. The smallest absolute Gasteiger partial charge is 0.161 e. The summed E-state index contributed by atoms with van der Waals surface area (Å²) in [7, 11) is 1.58. The summed E-state index contributed by atoms with van der Waals surface area (Å²) in [6, 6.07) is 13.1. The SMILES string of the molecule is COc1ccc(C=NO)cc1OCCOc1ccccc1C. The number of hydrogen-bond donors (Lipinski definition) is 1. The van der Waals surface area contributed by atoms with Crippen LogP contribution < -0.4 is 14.2 Å². The van der Waals surface area contributed by atoms with Crippen LogP contribution in [0.1, 0.15) is 11.1 Å². The average Bonchev–Trinajstić information content (AvgIpc) is 2.54. The number of nitrogens with zero attached hydrogens (tertiary/aromatic N) is 1. The molecule has 5 heteroatoms. The van der Waals surface area contributed by atoms with Gasteiger partial charge in [0.05, 0.1) is 13.3 Å². The summed E-state index contributed by atoms with van der Waals surface area (Å²) in [5, 5.41) is 11.6. The van der Waals surface area contributed by atoms with Gasteiger partial charge in [0.2, 0.25) is 0 Å². The summed E-state index contributed by atoms with van der Waals surface area (Å²) in [5.41, 5.74) is 1.80. The molecule has 0 radical (unpaired) electrons. The molecule has 1 N–H and O–H groups in total. The van der Waals surface area contributed by atoms with Crippen molar-refractivity contribution in [3.63, 3.8) is 0 Å². The van der Waals surface area contributed by atoms with Gasteiger partial charge in [0.15, 0.2) is 11.5 Å². The maximum Gasteiger partial charge on any atom is 0.161 e. The highest BCUT2D eigenvalue weighted by atomic mass is 16.5. The van der Waals surface area contributed by atoms with Gasteiger partial charge in [-0.15, -0.1) is 0 Å². The first-order valence-electron chi connectivity index (χ1n) is 6.91. The second-order valence-corrected chi connectivity index (χ2v) is 4.62. The molecule has 0 aliphatic carbocycles. The number of para-hydroxylation sites is 1. The highest BCUT2D eigenvalue weighted by molar-refractivity contribution is 5.80. The van der Waals surface area contributed by atoms with E-state index in [9.17, 15) is 0 Å². The number of benzene rings is 2. The van der Waals surface area contributed by atoms with Gasteiger partial charge < -0.3 is 19.4 Å². The summed E-state index contributed by atoms with van der Waals surface area (Å²) in [4.78, 5) is 0. The lowest BCUT2D eigenvalue weighted by atomic mass is 10.2. The number of methoxy groups -OCH3 is 1. The Hall–Kier alpha value is -2.69. The van der Waals surface area contributed by atoms with Crippen molar-refractivity contribution < 1.29 is 19.4 Å². The third kappa shape index (κ3) is 4.15. The topological polar surface area (TPSA) is 60.3 Å². The van der Waals surface area contributed by atoms with Gasteiger partial charge in [0.25, 0.3) is 0 Å². The maximum atomic E-state index is 8.58. The molecule has 0 bridgehead atoms. The Bertz CT molecular complexity index is 640. The molecule has 0 heterocycles. The lowest BCUT2D eigenvalue weighted by Gasteiger charge is -2.12. The molecule has 22 heavy (non-hydrogen) atoms. The molecule has 5 nitrogen and oxygen atoms in total. The normalized spacial score (nSPS) is 10.6. The van der Waals surface area contributed by atoms with Crippen molar-refractivity contribution in [2.45, 2.75) is 6.92 Å². The van der Waals surface area contributed by atoms with Gasteiger partial charge in [-0.1, -0.05) is 23.4 Å². The number of ether oxygens (including phenoxy) is 3. The Morgan fingerprint density at radius 1 is 1.00 bits per heavy atom. The monoisotopic (exact) mass is 301 g/mol. The first kappa shape index (κ1) is 15.7. The molecule has 0 fully saturated rings. The molecule has 2 aromatic rings. The minimum atomic E-state index is 0.379. The van der Waals surface area contributed by atoms with Crippen LogP contribution in [0.5, 0.6) is 17.2 Å². The lowest BCUT2D eigenvalue weighted by Crippen LogP contribution is -2.10. The zero-order valence-electron chi connectivity index (χ0n) is 12.7. The summed E-state index contributed by atoms with van der Waals surface area (Å²) >= 11 is 0. The van der Waals surface area contributed by atoms with Crippen molar-refractivity contribution in [2.24, 2.45) is 5.16 Å². The van der Waals surface area contributed by atoms with E-state index in [1.165, 1.54) is 6.21 Å². The summed E-state index contributed by atoms with van der Waals surface area (Å²) in [5.74, 6) is 2.04. The second kappa shape index (κ2) is 7.93. The van der Waals surface area contributed by atoms with Crippen molar-refractivity contribution in [1.82, 2.24) is 0 Å². The third-order valence-corrected chi connectivity index (χ3v) is 3.09. The molecular weight excluding hydrogens is 282 g/mol. The van der Waals surface area contributed by atoms with E-state index in [4.69, 9.17) is 19.4 Å². The quantitative estimate of drug-likeness (QED) is 0.369. The van der Waals surface area contributed by atoms with Crippen LogP contribution >= 0.6 is 0 Å². The van der Waals surface area contributed by atoms with Crippen LogP contribution in [0.4, 0.5) is 0 Å². The van der Waals surface area contributed by atoms with Gasteiger partial charge in [-0.2, -0.15) is 0 Å². The van der Waals surface area contributed by atoms with Crippen molar-refractivity contribution in [3.8, 4) is 17.2 Å². The van der Waals surface area contributed by atoms with Gasteiger partial charge in [-0.25, -0.2) is 0 Å². The Balaban J connectivity index is 1.93. The summed E-state index contributed by atoms with van der Waals surface area (Å²) in [6.07, 6.45) is 1.33. The van der Waals surface area contributed by atoms with Crippen LogP contribution in [0.15, 0.2) is 47.6 Å². The Morgan fingerprint density at radius 2 is 1.73 bits per heavy atom. The van der Waals surface area contributed by atoms with Gasteiger partial charge >= 0.3 is 0 Å². The molecule has 0 aromatic heterocycles. The highest BCUT2D eigenvalue weighted by Gasteiger charge is 2.06. The molecule has 2 rings (SSSR count). The molecule has 0 spiro atoms. The fourth-order valence-electron chi connectivity index (χ4n) is 1.97. The van der Waals surface area contributed by atoms with Gasteiger partial charge in [0, 0.05) is 5.56 Å². The van der Waals surface area contributed by atoms with E-state index < -0.39 is 0 Å². The van der Waals surface area contributed by atoms with Crippen LogP contribution in [0.3, 0.4) is 0 Å². The Labute approximate surface area is 129 Å². The van der Waals surface area contributed by atoms with Crippen LogP contribution in [0.25, 0.3) is 0 Å². The zero-order chi connectivity index (χ0) is 15.8. The molecule has 0 unspecified atom stereocenters. The van der Waals surface area contributed by atoms with Crippen molar-refractivity contribution in [3.05, 3.63) is 53.6 Å². The third-order valence-electron chi connectivity index (χ3n) is 3.09.